The second-order valence-electron chi connectivity index (χ2n) is 5.68. The Labute approximate surface area is 130 Å². The molecule has 1 fully saturated rings. The molecule has 8 heteroatoms. The van der Waals surface area contributed by atoms with E-state index in [0.717, 1.165) is 26.2 Å². The number of aromatic nitrogens is 2. The number of anilines is 1. The summed E-state index contributed by atoms with van der Waals surface area (Å²) in [5, 5.41) is 15.8. The molecule has 1 atom stereocenters. The summed E-state index contributed by atoms with van der Waals surface area (Å²) in [7, 11) is 3.48. The maximum Gasteiger partial charge on any atom is 0.334 e. The van der Waals surface area contributed by atoms with Crippen LogP contribution in [0.3, 0.4) is 0 Å². The molecule has 8 nitrogen and oxygen atoms in total. The summed E-state index contributed by atoms with van der Waals surface area (Å²) in [6.07, 6.45) is 0.563. The van der Waals surface area contributed by atoms with Crippen molar-refractivity contribution in [1.82, 2.24) is 14.7 Å². The molecule has 1 unspecified atom stereocenters. The normalized spacial score (nSPS) is 19.6. The maximum absolute atomic E-state index is 11.4. The lowest BCUT2D eigenvalue weighted by Crippen LogP contribution is -2.53. The van der Waals surface area contributed by atoms with Crippen LogP contribution in [0.2, 0.25) is 0 Å². The summed E-state index contributed by atoms with van der Waals surface area (Å²) in [6, 6.07) is 0.323. The molecule has 1 aliphatic heterocycles. The van der Waals surface area contributed by atoms with Crippen molar-refractivity contribution in [3.05, 3.63) is 15.8 Å². The van der Waals surface area contributed by atoms with Crippen molar-refractivity contribution < 1.29 is 9.66 Å². The van der Waals surface area contributed by atoms with Crippen LogP contribution in [-0.2, 0) is 18.2 Å². The van der Waals surface area contributed by atoms with Gasteiger partial charge in [0.1, 0.15) is 5.69 Å². The lowest BCUT2D eigenvalue weighted by atomic mass is 10.2. The largest absolute Gasteiger partial charge is 0.383 e. The zero-order valence-electron chi connectivity index (χ0n) is 13.8. The van der Waals surface area contributed by atoms with Crippen molar-refractivity contribution in [2.75, 3.05) is 44.8 Å². The molecule has 2 rings (SSSR count). The first-order chi connectivity index (χ1) is 10.5. The van der Waals surface area contributed by atoms with Crippen LogP contribution >= 0.6 is 0 Å². The van der Waals surface area contributed by atoms with Crippen molar-refractivity contribution in [2.45, 2.75) is 26.3 Å². The van der Waals surface area contributed by atoms with E-state index in [1.54, 1.807) is 18.8 Å². The number of rotatable bonds is 6. The van der Waals surface area contributed by atoms with Gasteiger partial charge in [0.15, 0.2) is 0 Å². The number of methoxy groups -OCH3 is 1. The minimum absolute atomic E-state index is 0.155. The Kier molecular flexibility index (Phi) is 5.36. The molecule has 0 radical (unpaired) electrons. The topological polar surface area (TPSA) is 76.7 Å². The lowest BCUT2D eigenvalue weighted by molar-refractivity contribution is -0.384. The maximum atomic E-state index is 11.4. The molecule has 0 aliphatic carbocycles. The molecular weight excluding hydrogens is 286 g/mol. The second-order valence-corrected chi connectivity index (χ2v) is 5.68. The van der Waals surface area contributed by atoms with Gasteiger partial charge in [-0.2, -0.15) is 5.10 Å². The lowest BCUT2D eigenvalue weighted by Gasteiger charge is -2.40. The smallest absolute Gasteiger partial charge is 0.334 e. The van der Waals surface area contributed by atoms with Crippen molar-refractivity contribution in [1.29, 1.82) is 0 Å². The summed E-state index contributed by atoms with van der Waals surface area (Å²) < 4.78 is 6.78. The van der Waals surface area contributed by atoms with E-state index >= 15 is 0 Å². The molecule has 0 bridgehead atoms. The standard InChI is InChI=1S/C14H25N5O3/c1-5-12-13(19(20)21)14(16(3)15-12)18-7-6-17(8-9-22-4)11(2)10-18/h11H,5-10H2,1-4H3. The van der Waals surface area contributed by atoms with Crippen LogP contribution in [0.4, 0.5) is 11.5 Å². The van der Waals surface area contributed by atoms with Gasteiger partial charge in [-0.05, 0) is 13.3 Å². The molecule has 0 amide bonds. The highest BCUT2D eigenvalue weighted by atomic mass is 16.6. The first-order valence-electron chi connectivity index (χ1n) is 7.67. The Balaban J connectivity index is 2.20. The van der Waals surface area contributed by atoms with Gasteiger partial charge in [-0.1, -0.05) is 6.92 Å². The fourth-order valence-corrected chi connectivity index (χ4v) is 3.07. The number of hydrogen-bond acceptors (Lipinski definition) is 6. The Morgan fingerprint density at radius 3 is 2.73 bits per heavy atom. The SMILES string of the molecule is CCc1nn(C)c(N2CCN(CCOC)C(C)C2)c1[N+](=O)[O-]. The van der Waals surface area contributed by atoms with Crippen LogP contribution in [0.25, 0.3) is 0 Å². The van der Waals surface area contributed by atoms with Gasteiger partial charge in [-0.25, -0.2) is 4.68 Å². The fraction of sp³-hybridized carbons (Fsp3) is 0.786. The van der Waals surface area contributed by atoms with Gasteiger partial charge in [-0.15, -0.1) is 0 Å². The zero-order chi connectivity index (χ0) is 16.3. The summed E-state index contributed by atoms with van der Waals surface area (Å²) >= 11 is 0. The number of aryl methyl sites for hydroxylation is 2. The minimum Gasteiger partial charge on any atom is -0.383 e. The number of ether oxygens (including phenoxy) is 1. The first kappa shape index (κ1) is 16.7. The number of nitrogens with zero attached hydrogens (tertiary/aromatic N) is 5. The fourth-order valence-electron chi connectivity index (χ4n) is 3.07. The molecule has 1 saturated heterocycles. The summed E-state index contributed by atoms with van der Waals surface area (Å²) in [4.78, 5) is 15.6. The average molecular weight is 311 g/mol. The Bertz CT molecular complexity index is 531. The average Bonchev–Trinajstić information content (AvgIpc) is 2.82. The molecule has 2 heterocycles. The minimum atomic E-state index is -0.302. The van der Waals surface area contributed by atoms with Crippen LogP contribution in [0.5, 0.6) is 0 Å². The van der Waals surface area contributed by atoms with Gasteiger partial charge in [-0.3, -0.25) is 15.0 Å². The second kappa shape index (κ2) is 7.06. The number of nitro groups is 1. The van der Waals surface area contributed by atoms with Crippen molar-refractivity contribution in [3.8, 4) is 0 Å². The van der Waals surface area contributed by atoms with Gasteiger partial charge in [0.2, 0.25) is 5.82 Å². The molecular formula is C14H25N5O3. The van der Waals surface area contributed by atoms with Gasteiger partial charge in [0.05, 0.1) is 11.5 Å². The monoisotopic (exact) mass is 311 g/mol. The summed E-state index contributed by atoms with van der Waals surface area (Å²) in [5.41, 5.74) is 0.708. The van der Waals surface area contributed by atoms with Gasteiger partial charge < -0.3 is 9.64 Å². The van der Waals surface area contributed by atoms with Crippen LogP contribution in [0.1, 0.15) is 19.5 Å². The van der Waals surface area contributed by atoms with Gasteiger partial charge in [0, 0.05) is 46.4 Å². The van der Waals surface area contributed by atoms with E-state index in [1.807, 2.05) is 6.92 Å². The highest BCUT2D eigenvalue weighted by molar-refractivity contribution is 5.62. The number of piperazine rings is 1. The van der Waals surface area contributed by atoms with E-state index in [4.69, 9.17) is 4.74 Å². The molecule has 22 heavy (non-hydrogen) atoms. The van der Waals surface area contributed by atoms with Crippen LogP contribution in [-0.4, -0.2) is 65.5 Å². The molecule has 0 spiro atoms. The van der Waals surface area contributed by atoms with Crippen LogP contribution in [0, 0.1) is 10.1 Å². The Morgan fingerprint density at radius 2 is 2.18 bits per heavy atom. The third kappa shape index (κ3) is 3.22. The third-order valence-corrected chi connectivity index (χ3v) is 4.23. The van der Waals surface area contributed by atoms with E-state index in [0.29, 0.717) is 30.6 Å². The predicted octanol–water partition coefficient (Wildman–Crippen LogP) is 1.05. The first-order valence-corrected chi connectivity index (χ1v) is 7.67. The van der Waals surface area contributed by atoms with Gasteiger partial charge in [0.25, 0.3) is 0 Å². The Morgan fingerprint density at radius 1 is 1.45 bits per heavy atom. The molecule has 1 aliphatic rings. The molecule has 0 saturated carbocycles. The third-order valence-electron chi connectivity index (χ3n) is 4.23. The van der Waals surface area contributed by atoms with E-state index in [-0.39, 0.29) is 10.6 Å². The molecule has 0 N–H and O–H groups in total. The van der Waals surface area contributed by atoms with E-state index in [1.165, 1.54) is 0 Å². The summed E-state index contributed by atoms with van der Waals surface area (Å²) in [6.45, 7) is 8.02. The van der Waals surface area contributed by atoms with Crippen molar-refractivity contribution in [2.24, 2.45) is 7.05 Å². The predicted molar refractivity (Wildman–Crippen MR) is 84.4 cm³/mol. The summed E-state index contributed by atoms with van der Waals surface area (Å²) in [5.74, 6) is 0.625. The van der Waals surface area contributed by atoms with E-state index < -0.39 is 0 Å². The van der Waals surface area contributed by atoms with Crippen LogP contribution < -0.4 is 4.90 Å². The zero-order valence-corrected chi connectivity index (χ0v) is 13.8. The molecule has 1 aromatic rings. The van der Waals surface area contributed by atoms with Crippen molar-refractivity contribution in [3.63, 3.8) is 0 Å². The van der Waals surface area contributed by atoms with Gasteiger partial charge >= 0.3 is 5.69 Å². The van der Waals surface area contributed by atoms with E-state index in [9.17, 15) is 10.1 Å². The highest BCUT2D eigenvalue weighted by Crippen LogP contribution is 2.32. The Hall–Kier alpha value is -1.67. The number of hydrogen-bond donors (Lipinski definition) is 0. The van der Waals surface area contributed by atoms with Crippen molar-refractivity contribution >= 4 is 11.5 Å². The molecule has 0 aromatic carbocycles. The molecule has 124 valence electrons. The highest BCUT2D eigenvalue weighted by Gasteiger charge is 2.33. The quantitative estimate of drug-likeness (QED) is 0.577. The van der Waals surface area contributed by atoms with Crippen LogP contribution in [0.15, 0.2) is 0 Å². The van der Waals surface area contributed by atoms with E-state index in [2.05, 4.69) is 21.8 Å². The molecule has 1 aromatic heterocycles.